The van der Waals surface area contributed by atoms with Crippen molar-refractivity contribution in [2.24, 2.45) is 0 Å². The molecule has 0 spiro atoms. The Labute approximate surface area is 108 Å². The highest BCUT2D eigenvalue weighted by atomic mass is 16.5. The Morgan fingerprint density at radius 3 is 2.78 bits per heavy atom. The molecule has 1 aromatic rings. The van der Waals surface area contributed by atoms with Crippen LogP contribution in [0.15, 0.2) is 18.3 Å². The molecule has 0 aliphatic carbocycles. The van der Waals surface area contributed by atoms with Crippen LogP contribution < -0.4 is 10.2 Å². The standard InChI is InChI=1S/C13H21N3O2/c1-4-6-9-16(3)12-8-7-11(10-14-12)15-13(17)18-5-2/h7-8,10H,4-6,9H2,1-3H3,(H,15,17). The zero-order valence-corrected chi connectivity index (χ0v) is 11.3. The Balaban J connectivity index is 2.54. The van der Waals surface area contributed by atoms with Crippen molar-refractivity contribution < 1.29 is 9.53 Å². The summed E-state index contributed by atoms with van der Waals surface area (Å²) >= 11 is 0. The number of aromatic nitrogens is 1. The van der Waals surface area contributed by atoms with E-state index in [4.69, 9.17) is 4.74 Å². The van der Waals surface area contributed by atoms with Crippen LogP contribution in [0.4, 0.5) is 16.3 Å². The summed E-state index contributed by atoms with van der Waals surface area (Å²) in [6, 6.07) is 3.71. The summed E-state index contributed by atoms with van der Waals surface area (Å²) < 4.78 is 4.79. The van der Waals surface area contributed by atoms with E-state index >= 15 is 0 Å². The van der Waals surface area contributed by atoms with E-state index in [0.29, 0.717) is 12.3 Å². The molecule has 1 amide bonds. The molecule has 1 rings (SSSR count). The molecule has 0 bridgehead atoms. The molecule has 100 valence electrons. The van der Waals surface area contributed by atoms with E-state index in [-0.39, 0.29) is 0 Å². The van der Waals surface area contributed by atoms with Crippen molar-refractivity contribution in [3.05, 3.63) is 18.3 Å². The van der Waals surface area contributed by atoms with Crippen LogP contribution in [0.2, 0.25) is 0 Å². The molecule has 0 saturated carbocycles. The molecule has 5 nitrogen and oxygen atoms in total. The number of anilines is 2. The number of pyridine rings is 1. The third kappa shape index (κ3) is 4.61. The SMILES string of the molecule is CCCCN(C)c1ccc(NC(=O)OCC)cn1. The fourth-order valence-electron chi connectivity index (χ4n) is 1.48. The fraction of sp³-hybridized carbons (Fsp3) is 0.538. The number of carbonyl (C=O) groups is 1. The second-order valence-electron chi connectivity index (χ2n) is 4.03. The molecule has 0 aromatic carbocycles. The first-order valence-electron chi connectivity index (χ1n) is 6.28. The Kier molecular flexibility index (Phi) is 5.97. The Morgan fingerprint density at radius 1 is 1.44 bits per heavy atom. The molecule has 0 saturated heterocycles. The van der Waals surface area contributed by atoms with E-state index in [1.54, 1.807) is 13.1 Å². The van der Waals surface area contributed by atoms with Crippen LogP contribution in [-0.2, 0) is 4.74 Å². The topological polar surface area (TPSA) is 54.5 Å². The van der Waals surface area contributed by atoms with E-state index in [1.165, 1.54) is 0 Å². The first-order chi connectivity index (χ1) is 8.67. The normalized spacial score (nSPS) is 9.94. The average molecular weight is 251 g/mol. The Hall–Kier alpha value is -1.78. The summed E-state index contributed by atoms with van der Waals surface area (Å²) in [4.78, 5) is 17.6. The molecule has 1 aromatic heterocycles. The average Bonchev–Trinajstić information content (AvgIpc) is 2.37. The lowest BCUT2D eigenvalue weighted by Crippen LogP contribution is -2.19. The van der Waals surface area contributed by atoms with Crippen LogP contribution in [0.5, 0.6) is 0 Å². The van der Waals surface area contributed by atoms with Crippen LogP contribution >= 0.6 is 0 Å². The number of carbonyl (C=O) groups excluding carboxylic acids is 1. The molecule has 0 fully saturated rings. The number of rotatable bonds is 6. The van der Waals surface area contributed by atoms with Gasteiger partial charge in [0.05, 0.1) is 18.5 Å². The molecule has 0 unspecified atom stereocenters. The van der Waals surface area contributed by atoms with Gasteiger partial charge in [0.2, 0.25) is 0 Å². The van der Waals surface area contributed by atoms with Gasteiger partial charge in [-0.3, -0.25) is 5.32 Å². The van der Waals surface area contributed by atoms with Crippen molar-refractivity contribution in [2.75, 3.05) is 30.4 Å². The van der Waals surface area contributed by atoms with Gasteiger partial charge in [0.15, 0.2) is 0 Å². The van der Waals surface area contributed by atoms with E-state index in [1.807, 2.05) is 19.2 Å². The summed E-state index contributed by atoms with van der Waals surface area (Å²) in [5, 5.41) is 2.61. The van der Waals surface area contributed by atoms with Gasteiger partial charge in [-0.25, -0.2) is 9.78 Å². The van der Waals surface area contributed by atoms with E-state index in [9.17, 15) is 4.79 Å². The zero-order valence-electron chi connectivity index (χ0n) is 11.3. The highest BCUT2D eigenvalue weighted by molar-refractivity contribution is 5.84. The number of hydrogen-bond acceptors (Lipinski definition) is 4. The molecule has 1 N–H and O–H groups in total. The molecule has 1 heterocycles. The molecule has 5 heteroatoms. The summed E-state index contributed by atoms with van der Waals surface area (Å²) in [5.74, 6) is 0.901. The van der Waals surface area contributed by atoms with Gasteiger partial charge in [0.25, 0.3) is 0 Å². The van der Waals surface area contributed by atoms with Crippen molar-refractivity contribution in [2.45, 2.75) is 26.7 Å². The quantitative estimate of drug-likeness (QED) is 0.844. The number of amides is 1. The maximum Gasteiger partial charge on any atom is 0.411 e. The summed E-state index contributed by atoms with van der Waals surface area (Å²) in [7, 11) is 2.01. The predicted molar refractivity (Wildman–Crippen MR) is 73.1 cm³/mol. The largest absolute Gasteiger partial charge is 0.450 e. The maximum absolute atomic E-state index is 11.2. The minimum absolute atomic E-state index is 0.358. The minimum atomic E-state index is -0.452. The van der Waals surface area contributed by atoms with Crippen LogP contribution in [0.1, 0.15) is 26.7 Å². The van der Waals surface area contributed by atoms with Gasteiger partial charge in [-0.05, 0) is 25.5 Å². The number of hydrogen-bond donors (Lipinski definition) is 1. The first-order valence-corrected chi connectivity index (χ1v) is 6.28. The third-order valence-corrected chi connectivity index (χ3v) is 2.51. The number of nitrogens with one attached hydrogen (secondary N) is 1. The smallest absolute Gasteiger partial charge is 0.411 e. The van der Waals surface area contributed by atoms with Crippen LogP contribution in [-0.4, -0.2) is 31.3 Å². The van der Waals surface area contributed by atoms with Gasteiger partial charge >= 0.3 is 6.09 Å². The fourth-order valence-corrected chi connectivity index (χ4v) is 1.48. The van der Waals surface area contributed by atoms with Crippen molar-refractivity contribution in [3.63, 3.8) is 0 Å². The summed E-state index contributed by atoms with van der Waals surface area (Å²) in [6.45, 7) is 5.27. The number of ether oxygens (including phenoxy) is 1. The molecule has 0 aliphatic heterocycles. The molecular formula is C13H21N3O2. The molecule has 18 heavy (non-hydrogen) atoms. The van der Waals surface area contributed by atoms with Gasteiger partial charge in [-0.15, -0.1) is 0 Å². The van der Waals surface area contributed by atoms with Gasteiger partial charge in [0.1, 0.15) is 5.82 Å². The lowest BCUT2D eigenvalue weighted by atomic mass is 10.3. The second-order valence-corrected chi connectivity index (χ2v) is 4.03. The number of unbranched alkanes of at least 4 members (excludes halogenated alkanes) is 1. The monoisotopic (exact) mass is 251 g/mol. The van der Waals surface area contributed by atoms with Crippen molar-refractivity contribution in [3.8, 4) is 0 Å². The zero-order chi connectivity index (χ0) is 13.4. The summed E-state index contributed by atoms with van der Waals surface area (Å²) in [6.07, 6.45) is 3.48. The van der Waals surface area contributed by atoms with Gasteiger partial charge in [-0.2, -0.15) is 0 Å². The number of nitrogens with zero attached hydrogens (tertiary/aromatic N) is 2. The van der Waals surface area contributed by atoms with E-state index in [2.05, 4.69) is 22.1 Å². The van der Waals surface area contributed by atoms with Crippen molar-refractivity contribution in [1.82, 2.24) is 4.98 Å². The van der Waals surface area contributed by atoms with Crippen LogP contribution in [0, 0.1) is 0 Å². The van der Waals surface area contributed by atoms with Crippen LogP contribution in [0.3, 0.4) is 0 Å². The molecule has 0 radical (unpaired) electrons. The Bertz CT molecular complexity index is 365. The van der Waals surface area contributed by atoms with Crippen LogP contribution in [0.25, 0.3) is 0 Å². The molecular weight excluding hydrogens is 230 g/mol. The third-order valence-electron chi connectivity index (χ3n) is 2.51. The second kappa shape index (κ2) is 7.53. The summed E-state index contributed by atoms with van der Waals surface area (Å²) in [5.41, 5.74) is 0.640. The highest BCUT2D eigenvalue weighted by Crippen LogP contribution is 2.13. The minimum Gasteiger partial charge on any atom is -0.450 e. The predicted octanol–water partition coefficient (Wildman–Crippen LogP) is 2.89. The highest BCUT2D eigenvalue weighted by Gasteiger charge is 2.04. The lowest BCUT2D eigenvalue weighted by Gasteiger charge is -2.17. The molecule has 0 aliphatic rings. The Morgan fingerprint density at radius 2 is 2.22 bits per heavy atom. The first kappa shape index (κ1) is 14.3. The van der Waals surface area contributed by atoms with Crippen molar-refractivity contribution in [1.29, 1.82) is 0 Å². The van der Waals surface area contributed by atoms with E-state index in [0.717, 1.165) is 25.2 Å². The lowest BCUT2D eigenvalue weighted by molar-refractivity contribution is 0.168. The van der Waals surface area contributed by atoms with Gasteiger partial charge < -0.3 is 9.64 Å². The maximum atomic E-state index is 11.2. The van der Waals surface area contributed by atoms with Gasteiger partial charge in [0, 0.05) is 13.6 Å². The van der Waals surface area contributed by atoms with E-state index < -0.39 is 6.09 Å². The van der Waals surface area contributed by atoms with Crippen molar-refractivity contribution >= 4 is 17.6 Å². The van der Waals surface area contributed by atoms with Gasteiger partial charge in [-0.1, -0.05) is 13.3 Å². The molecule has 0 atom stereocenters.